The highest BCUT2D eigenvalue weighted by atomic mass is 16.5. The average Bonchev–Trinajstić information content (AvgIpc) is 3.35. The van der Waals surface area contributed by atoms with Crippen LogP contribution in [0, 0.1) is 5.92 Å². The maximum atomic E-state index is 5.78. The Balaban J connectivity index is 1.90. The molecule has 0 aromatic heterocycles. The summed E-state index contributed by atoms with van der Waals surface area (Å²) in [5, 5.41) is 3.68. The van der Waals surface area contributed by atoms with Crippen LogP contribution in [0.5, 0.6) is 5.75 Å². The molecule has 0 bridgehead atoms. The van der Waals surface area contributed by atoms with Crippen molar-refractivity contribution in [1.82, 2.24) is 5.32 Å². The summed E-state index contributed by atoms with van der Waals surface area (Å²) in [5.41, 5.74) is 1.37. The van der Waals surface area contributed by atoms with Crippen LogP contribution in [0.2, 0.25) is 0 Å². The molecule has 0 heterocycles. The average molecular weight is 291 g/mol. The number of ether oxygens (including phenoxy) is 2. The smallest absolute Gasteiger partial charge is 0.118 e. The molecule has 1 aromatic rings. The minimum atomic E-state index is 0.370. The number of hydrogen-bond acceptors (Lipinski definition) is 3. The van der Waals surface area contributed by atoms with E-state index in [0.717, 1.165) is 31.1 Å². The standard InChI is InChI=1S/C18H29NO2/c1-4-13-19-17(18(21-3)15-8-9-15)12-7-14-5-10-16(20-2)11-6-14/h5-6,10-11,15,17-19H,4,7-9,12-13H2,1-3H3. The van der Waals surface area contributed by atoms with Crippen LogP contribution >= 0.6 is 0 Å². The lowest BCUT2D eigenvalue weighted by Crippen LogP contribution is -2.43. The van der Waals surface area contributed by atoms with Crippen LogP contribution < -0.4 is 10.1 Å². The third-order valence-electron chi connectivity index (χ3n) is 4.31. The van der Waals surface area contributed by atoms with Crippen LogP contribution in [-0.2, 0) is 11.2 Å². The maximum absolute atomic E-state index is 5.78. The molecule has 0 radical (unpaired) electrons. The highest BCUT2D eigenvalue weighted by Gasteiger charge is 2.36. The summed E-state index contributed by atoms with van der Waals surface area (Å²) in [7, 11) is 3.57. The molecule has 1 fully saturated rings. The van der Waals surface area contributed by atoms with Crippen molar-refractivity contribution in [2.45, 2.75) is 51.2 Å². The van der Waals surface area contributed by atoms with Crippen molar-refractivity contribution < 1.29 is 9.47 Å². The van der Waals surface area contributed by atoms with Crippen LogP contribution in [-0.4, -0.2) is 32.9 Å². The molecule has 3 nitrogen and oxygen atoms in total. The zero-order valence-electron chi connectivity index (χ0n) is 13.6. The fourth-order valence-corrected chi connectivity index (χ4v) is 2.94. The topological polar surface area (TPSA) is 30.5 Å². The first-order chi connectivity index (χ1) is 10.3. The molecule has 0 aliphatic heterocycles. The van der Waals surface area contributed by atoms with Gasteiger partial charge in [0, 0.05) is 13.2 Å². The van der Waals surface area contributed by atoms with E-state index < -0.39 is 0 Å². The van der Waals surface area contributed by atoms with E-state index in [1.165, 1.54) is 24.8 Å². The molecule has 3 heteroatoms. The molecule has 0 amide bonds. The van der Waals surface area contributed by atoms with E-state index in [-0.39, 0.29) is 0 Å². The van der Waals surface area contributed by atoms with Gasteiger partial charge in [-0.2, -0.15) is 0 Å². The van der Waals surface area contributed by atoms with Gasteiger partial charge in [-0.05, 0) is 62.3 Å². The molecule has 1 aromatic carbocycles. The van der Waals surface area contributed by atoms with E-state index in [0.29, 0.717) is 12.1 Å². The van der Waals surface area contributed by atoms with Crippen molar-refractivity contribution in [2.75, 3.05) is 20.8 Å². The first-order valence-electron chi connectivity index (χ1n) is 8.17. The second-order valence-electron chi connectivity index (χ2n) is 5.99. The Morgan fingerprint density at radius 2 is 1.90 bits per heavy atom. The molecular formula is C18H29NO2. The van der Waals surface area contributed by atoms with Gasteiger partial charge >= 0.3 is 0 Å². The minimum Gasteiger partial charge on any atom is -0.497 e. The van der Waals surface area contributed by atoms with Gasteiger partial charge in [0.2, 0.25) is 0 Å². The van der Waals surface area contributed by atoms with Gasteiger partial charge in [-0.1, -0.05) is 19.1 Å². The summed E-state index contributed by atoms with van der Waals surface area (Å²) >= 11 is 0. The van der Waals surface area contributed by atoms with Crippen molar-refractivity contribution in [3.05, 3.63) is 29.8 Å². The predicted octanol–water partition coefficient (Wildman–Crippen LogP) is 3.42. The number of nitrogens with one attached hydrogen (secondary N) is 1. The SMILES string of the molecule is CCCNC(CCc1ccc(OC)cc1)C(OC)C1CC1. The predicted molar refractivity (Wildman–Crippen MR) is 86.9 cm³/mol. The molecular weight excluding hydrogens is 262 g/mol. The van der Waals surface area contributed by atoms with Gasteiger partial charge in [-0.15, -0.1) is 0 Å². The summed E-state index contributed by atoms with van der Waals surface area (Å²) in [4.78, 5) is 0. The van der Waals surface area contributed by atoms with E-state index in [1.54, 1.807) is 7.11 Å². The van der Waals surface area contributed by atoms with Crippen molar-refractivity contribution in [1.29, 1.82) is 0 Å². The largest absolute Gasteiger partial charge is 0.497 e. The van der Waals surface area contributed by atoms with E-state index in [4.69, 9.17) is 9.47 Å². The Bertz CT molecular complexity index is 400. The van der Waals surface area contributed by atoms with Gasteiger partial charge in [0.05, 0.1) is 13.2 Å². The van der Waals surface area contributed by atoms with Gasteiger partial charge in [-0.25, -0.2) is 0 Å². The second-order valence-corrected chi connectivity index (χ2v) is 5.99. The molecule has 1 aliphatic rings. The Morgan fingerprint density at radius 1 is 1.19 bits per heavy atom. The van der Waals surface area contributed by atoms with Crippen LogP contribution in [0.25, 0.3) is 0 Å². The van der Waals surface area contributed by atoms with Crippen LogP contribution in [0.15, 0.2) is 24.3 Å². The van der Waals surface area contributed by atoms with Gasteiger partial charge < -0.3 is 14.8 Å². The number of hydrogen-bond donors (Lipinski definition) is 1. The maximum Gasteiger partial charge on any atom is 0.118 e. The zero-order chi connectivity index (χ0) is 15.1. The minimum absolute atomic E-state index is 0.370. The van der Waals surface area contributed by atoms with Gasteiger partial charge in [0.25, 0.3) is 0 Å². The van der Waals surface area contributed by atoms with Gasteiger partial charge in [0.15, 0.2) is 0 Å². The molecule has 1 N–H and O–H groups in total. The van der Waals surface area contributed by atoms with Crippen molar-refractivity contribution >= 4 is 0 Å². The van der Waals surface area contributed by atoms with Gasteiger partial charge in [-0.3, -0.25) is 0 Å². The summed E-state index contributed by atoms with van der Waals surface area (Å²) in [6.07, 6.45) is 6.39. The van der Waals surface area contributed by atoms with Crippen molar-refractivity contribution in [3.63, 3.8) is 0 Å². The Labute approximate surface area is 129 Å². The summed E-state index contributed by atoms with van der Waals surface area (Å²) in [6.45, 7) is 3.28. The Hall–Kier alpha value is -1.06. The third kappa shape index (κ3) is 5.01. The van der Waals surface area contributed by atoms with Crippen LogP contribution in [0.4, 0.5) is 0 Å². The lowest BCUT2D eigenvalue weighted by molar-refractivity contribution is 0.0485. The quantitative estimate of drug-likeness (QED) is 0.716. The van der Waals surface area contributed by atoms with E-state index in [1.807, 2.05) is 19.2 Å². The van der Waals surface area contributed by atoms with Crippen molar-refractivity contribution in [3.8, 4) is 5.75 Å². The van der Waals surface area contributed by atoms with E-state index in [9.17, 15) is 0 Å². The van der Waals surface area contributed by atoms with Crippen LogP contribution in [0.1, 0.15) is 38.2 Å². The Kier molecular flexibility index (Phi) is 6.52. The summed E-state index contributed by atoms with van der Waals surface area (Å²) < 4.78 is 11.0. The first kappa shape index (κ1) is 16.3. The normalized spacial score (nSPS) is 17.5. The summed E-state index contributed by atoms with van der Waals surface area (Å²) in [5.74, 6) is 1.69. The fraction of sp³-hybridized carbons (Fsp3) is 0.667. The number of methoxy groups -OCH3 is 2. The lowest BCUT2D eigenvalue weighted by atomic mass is 9.98. The van der Waals surface area contributed by atoms with E-state index >= 15 is 0 Å². The molecule has 0 spiro atoms. The highest BCUT2D eigenvalue weighted by molar-refractivity contribution is 5.27. The number of benzene rings is 1. The van der Waals surface area contributed by atoms with Crippen LogP contribution in [0.3, 0.4) is 0 Å². The van der Waals surface area contributed by atoms with E-state index in [2.05, 4.69) is 24.4 Å². The zero-order valence-corrected chi connectivity index (χ0v) is 13.6. The molecule has 2 atom stereocenters. The molecule has 1 aliphatic carbocycles. The molecule has 1 saturated carbocycles. The lowest BCUT2D eigenvalue weighted by Gasteiger charge is -2.27. The van der Waals surface area contributed by atoms with Gasteiger partial charge in [0.1, 0.15) is 5.75 Å². The highest BCUT2D eigenvalue weighted by Crippen LogP contribution is 2.36. The molecule has 21 heavy (non-hydrogen) atoms. The molecule has 2 unspecified atom stereocenters. The molecule has 0 saturated heterocycles. The third-order valence-corrected chi connectivity index (χ3v) is 4.31. The summed E-state index contributed by atoms with van der Waals surface area (Å²) in [6, 6.07) is 8.87. The monoisotopic (exact) mass is 291 g/mol. The van der Waals surface area contributed by atoms with Crippen molar-refractivity contribution in [2.24, 2.45) is 5.92 Å². The number of rotatable bonds is 10. The molecule has 118 valence electrons. The Morgan fingerprint density at radius 3 is 2.43 bits per heavy atom. The molecule has 2 rings (SSSR count). The fourth-order valence-electron chi connectivity index (χ4n) is 2.94. The first-order valence-corrected chi connectivity index (χ1v) is 8.17. The number of aryl methyl sites for hydroxylation is 1. The second kappa shape index (κ2) is 8.40.